The van der Waals surface area contributed by atoms with Crippen molar-refractivity contribution in [3.05, 3.63) is 53.3 Å². The molecule has 0 atom stereocenters. The van der Waals surface area contributed by atoms with Crippen LogP contribution in [0.5, 0.6) is 0 Å². The number of fused-ring (bicyclic) bond motifs is 2. The van der Waals surface area contributed by atoms with Crippen molar-refractivity contribution in [3.8, 4) is 11.1 Å². The molecule has 0 radical (unpaired) electrons. The van der Waals surface area contributed by atoms with Crippen LogP contribution in [-0.4, -0.2) is 5.91 Å². The van der Waals surface area contributed by atoms with Crippen molar-refractivity contribution >= 4 is 11.6 Å². The molecule has 1 heterocycles. The minimum Gasteiger partial charge on any atom is -0.325 e. The van der Waals surface area contributed by atoms with Crippen LogP contribution >= 0.6 is 0 Å². The standard InChI is InChI=1S/C20H20FNO/c1-13-9-15(11-16(21)10-13)14-5-6-18-17(12-14)20(19(23)22-18)7-3-2-4-8-20/h5-6,9-12H,2-4,7-8H2,1H3,(H,22,23). The van der Waals surface area contributed by atoms with Crippen LogP contribution in [0.1, 0.15) is 43.2 Å². The van der Waals surface area contributed by atoms with Crippen molar-refractivity contribution < 1.29 is 9.18 Å². The van der Waals surface area contributed by atoms with Crippen LogP contribution in [0.4, 0.5) is 10.1 Å². The van der Waals surface area contributed by atoms with Gasteiger partial charge in [0.1, 0.15) is 5.82 Å². The summed E-state index contributed by atoms with van der Waals surface area (Å²) in [6, 6.07) is 11.1. The first-order valence-corrected chi connectivity index (χ1v) is 8.32. The Balaban J connectivity index is 1.83. The van der Waals surface area contributed by atoms with Crippen molar-refractivity contribution in [2.45, 2.75) is 44.4 Å². The number of carbonyl (C=O) groups is 1. The normalized spacial score (nSPS) is 18.8. The third-order valence-electron chi connectivity index (χ3n) is 5.30. The lowest BCUT2D eigenvalue weighted by atomic mass is 9.70. The summed E-state index contributed by atoms with van der Waals surface area (Å²) in [6.07, 6.45) is 5.22. The third-order valence-corrected chi connectivity index (χ3v) is 5.30. The summed E-state index contributed by atoms with van der Waals surface area (Å²) in [5.41, 5.74) is 4.41. The number of benzene rings is 2. The molecular weight excluding hydrogens is 289 g/mol. The quantitative estimate of drug-likeness (QED) is 0.793. The molecule has 0 bridgehead atoms. The molecule has 1 saturated carbocycles. The van der Waals surface area contributed by atoms with Gasteiger partial charge in [0, 0.05) is 5.69 Å². The van der Waals surface area contributed by atoms with Crippen LogP contribution in [0, 0.1) is 12.7 Å². The van der Waals surface area contributed by atoms with E-state index in [0.717, 1.165) is 53.6 Å². The first-order chi connectivity index (χ1) is 11.1. The zero-order valence-electron chi connectivity index (χ0n) is 13.3. The Hall–Kier alpha value is -2.16. The molecule has 1 aliphatic carbocycles. The van der Waals surface area contributed by atoms with Gasteiger partial charge in [-0.15, -0.1) is 0 Å². The zero-order chi connectivity index (χ0) is 16.0. The summed E-state index contributed by atoms with van der Waals surface area (Å²) in [5.74, 6) is -0.0816. The molecule has 118 valence electrons. The van der Waals surface area contributed by atoms with Gasteiger partial charge in [0.15, 0.2) is 0 Å². The number of hydrogen-bond donors (Lipinski definition) is 1. The molecular formula is C20H20FNO. The van der Waals surface area contributed by atoms with E-state index in [2.05, 4.69) is 11.4 Å². The molecule has 2 aliphatic rings. The van der Waals surface area contributed by atoms with Gasteiger partial charge < -0.3 is 5.32 Å². The first-order valence-electron chi connectivity index (χ1n) is 8.32. The van der Waals surface area contributed by atoms with Gasteiger partial charge in [-0.3, -0.25) is 4.79 Å². The number of hydrogen-bond acceptors (Lipinski definition) is 1. The van der Waals surface area contributed by atoms with Crippen molar-refractivity contribution in [2.24, 2.45) is 0 Å². The summed E-state index contributed by atoms with van der Waals surface area (Å²) in [5, 5.41) is 3.05. The second-order valence-corrected chi connectivity index (χ2v) is 6.87. The predicted molar refractivity (Wildman–Crippen MR) is 90.0 cm³/mol. The summed E-state index contributed by atoms with van der Waals surface area (Å²) in [4.78, 5) is 12.6. The number of amides is 1. The molecule has 3 heteroatoms. The van der Waals surface area contributed by atoms with E-state index in [-0.39, 0.29) is 17.1 Å². The predicted octanol–water partition coefficient (Wildman–Crippen LogP) is 4.96. The van der Waals surface area contributed by atoms with Gasteiger partial charge in [0.05, 0.1) is 5.41 Å². The summed E-state index contributed by atoms with van der Waals surface area (Å²) >= 11 is 0. The van der Waals surface area contributed by atoms with Gasteiger partial charge in [-0.05, 0) is 66.3 Å². The summed E-state index contributed by atoms with van der Waals surface area (Å²) in [7, 11) is 0. The summed E-state index contributed by atoms with van der Waals surface area (Å²) in [6.45, 7) is 1.90. The fraction of sp³-hybridized carbons (Fsp3) is 0.350. The number of halogens is 1. The van der Waals surface area contributed by atoms with E-state index < -0.39 is 0 Å². The van der Waals surface area contributed by atoms with Gasteiger partial charge in [0.2, 0.25) is 5.91 Å². The highest BCUT2D eigenvalue weighted by molar-refractivity contribution is 6.06. The van der Waals surface area contributed by atoms with Gasteiger partial charge in [-0.2, -0.15) is 0 Å². The van der Waals surface area contributed by atoms with Crippen molar-refractivity contribution in [2.75, 3.05) is 5.32 Å². The highest BCUT2D eigenvalue weighted by Gasteiger charge is 2.47. The third kappa shape index (κ3) is 2.26. The maximum atomic E-state index is 13.7. The molecule has 2 aromatic carbocycles. The van der Waals surface area contributed by atoms with Gasteiger partial charge >= 0.3 is 0 Å². The van der Waals surface area contributed by atoms with Crippen LogP contribution in [0.2, 0.25) is 0 Å². The van der Waals surface area contributed by atoms with E-state index in [1.165, 1.54) is 12.5 Å². The van der Waals surface area contributed by atoms with E-state index in [9.17, 15) is 9.18 Å². The highest BCUT2D eigenvalue weighted by Crippen LogP contribution is 2.48. The minimum atomic E-state index is -0.369. The molecule has 0 unspecified atom stereocenters. The molecule has 23 heavy (non-hydrogen) atoms. The average molecular weight is 309 g/mol. The smallest absolute Gasteiger partial charge is 0.235 e. The average Bonchev–Trinajstić information content (AvgIpc) is 2.79. The lowest BCUT2D eigenvalue weighted by Gasteiger charge is -2.31. The van der Waals surface area contributed by atoms with Crippen LogP contribution in [0.15, 0.2) is 36.4 Å². The Labute approximate surface area is 135 Å². The van der Waals surface area contributed by atoms with E-state index >= 15 is 0 Å². The van der Waals surface area contributed by atoms with Crippen LogP contribution in [0.3, 0.4) is 0 Å². The molecule has 1 spiro atoms. The number of rotatable bonds is 1. The van der Waals surface area contributed by atoms with Crippen molar-refractivity contribution in [3.63, 3.8) is 0 Å². The first kappa shape index (κ1) is 14.4. The van der Waals surface area contributed by atoms with Crippen LogP contribution in [0.25, 0.3) is 11.1 Å². The molecule has 4 rings (SSSR count). The van der Waals surface area contributed by atoms with E-state index in [1.807, 2.05) is 25.1 Å². The largest absolute Gasteiger partial charge is 0.325 e. The molecule has 1 aliphatic heterocycles. The fourth-order valence-corrected chi connectivity index (χ4v) is 4.15. The molecule has 2 nitrogen and oxygen atoms in total. The molecule has 2 aromatic rings. The second kappa shape index (κ2) is 5.19. The van der Waals surface area contributed by atoms with Crippen molar-refractivity contribution in [1.29, 1.82) is 0 Å². The van der Waals surface area contributed by atoms with Gasteiger partial charge in [-0.25, -0.2) is 4.39 Å². The molecule has 0 aromatic heterocycles. The van der Waals surface area contributed by atoms with E-state index in [1.54, 1.807) is 6.07 Å². The van der Waals surface area contributed by atoms with E-state index in [0.29, 0.717) is 0 Å². The molecule has 0 saturated heterocycles. The number of carbonyl (C=O) groups excluding carboxylic acids is 1. The lowest BCUT2D eigenvalue weighted by molar-refractivity contribution is -0.121. The molecule has 1 amide bonds. The summed E-state index contributed by atoms with van der Waals surface area (Å²) < 4.78 is 13.7. The van der Waals surface area contributed by atoms with Crippen LogP contribution < -0.4 is 5.32 Å². The second-order valence-electron chi connectivity index (χ2n) is 6.87. The zero-order valence-corrected chi connectivity index (χ0v) is 13.3. The van der Waals surface area contributed by atoms with Crippen LogP contribution in [-0.2, 0) is 10.2 Å². The number of anilines is 1. The molecule has 1 N–H and O–H groups in total. The Morgan fingerprint density at radius 3 is 2.52 bits per heavy atom. The maximum Gasteiger partial charge on any atom is 0.235 e. The minimum absolute atomic E-state index is 0.139. The Bertz CT molecular complexity index is 770. The Morgan fingerprint density at radius 1 is 1.00 bits per heavy atom. The topological polar surface area (TPSA) is 29.1 Å². The maximum absolute atomic E-state index is 13.7. The lowest BCUT2D eigenvalue weighted by Crippen LogP contribution is -2.36. The Kier molecular flexibility index (Phi) is 3.26. The monoisotopic (exact) mass is 309 g/mol. The van der Waals surface area contributed by atoms with Gasteiger partial charge in [0.25, 0.3) is 0 Å². The number of aryl methyl sites for hydroxylation is 1. The van der Waals surface area contributed by atoms with Gasteiger partial charge in [-0.1, -0.05) is 31.4 Å². The molecule has 1 fully saturated rings. The Morgan fingerprint density at radius 2 is 1.78 bits per heavy atom. The van der Waals surface area contributed by atoms with Crippen molar-refractivity contribution in [1.82, 2.24) is 0 Å². The fourth-order valence-electron chi connectivity index (χ4n) is 4.15. The highest BCUT2D eigenvalue weighted by atomic mass is 19.1. The number of nitrogens with one attached hydrogen (secondary N) is 1. The SMILES string of the molecule is Cc1cc(F)cc(-c2ccc3c(c2)C2(CCCCC2)C(=O)N3)c1. The van der Waals surface area contributed by atoms with E-state index in [4.69, 9.17) is 0 Å².